The molecule has 3 amide bonds. The fourth-order valence-corrected chi connectivity index (χ4v) is 3.30. The third-order valence-electron chi connectivity index (χ3n) is 4.92. The molecule has 2 aromatic heterocycles. The minimum atomic E-state index is -0.539. The Labute approximate surface area is 173 Å². The smallest absolute Gasteiger partial charge is 0.326 e. The van der Waals surface area contributed by atoms with Crippen molar-refractivity contribution in [2.75, 3.05) is 18.4 Å². The number of nitrogens with one attached hydrogen (secondary N) is 3. The molecule has 0 unspecified atom stereocenters. The minimum Gasteiger partial charge on any atom is -0.340 e. The maximum absolute atomic E-state index is 11.8. The van der Waals surface area contributed by atoms with Crippen LogP contribution < -0.4 is 16.0 Å². The molecule has 1 saturated heterocycles. The van der Waals surface area contributed by atoms with Gasteiger partial charge in [-0.1, -0.05) is 26.0 Å². The van der Waals surface area contributed by atoms with Gasteiger partial charge in [0, 0.05) is 24.0 Å². The van der Waals surface area contributed by atoms with Crippen molar-refractivity contribution in [3.05, 3.63) is 59.5 Å². The van der Waals surface area contributed by atoms with Gasteiger partial charge in [-0.2, -0.15) is 5.10 Å². The van der Waals surface area contributed by atoms with Crippen molar-refractivity contribution in [1.29, 1.82) is 0 Å². The summed E-state index contributed by atoms with van der Waals surface area (Å²) in [6.45, 7) is 7.21. The Balaban J connectivity index is 1.58. The lowest BCUT2D eigenvalue weighted by Crippen LogP contribution is -2.22. The van der Waals surface area contributed by atoms with Crippen LogP contribution in [0.4, 0.5) is 16.3 Å². The van der Waals surface area contributed by atoms with E-state index >= 15 is 0 Å². The van der Waals surface area contributed by atoms with Crippen LogP contribution in [0.15, 0.2) is 48.4 Å². The number of anilines is 2. The maximum Gasteiger partial charge on any atom is 0.326 e. The van der Waals surface area contributed by atoms with Gasteiger partial charge in [-0.3, -0.25) is 15.0 Å². The van der Waals surface area contributed by atoms with Crippen LogP contribution in [-0.4, -0.2) is 44.5 Å². The van der Waals surface area contributed by atoms with E-state index in [-0.39, 0.29) is 5.70 Å². The number of aromatic nitrogens is 3. The van der Waals surface area contributed by atoms with E-state index in [2.05, 4.69) is 56.9 Å². The van der Waals surface area contributed by atoms with Crippen molar-refractivity contribution in [3.8, 4) is 0 Å². The molecule has 1 aliphatic rings. The number of urea groups is 1. The Kier molecular flexibility index (Phi) is 5.44. The van der Waals surface area contributed by atoms with Crippen molar-refractivity contribution >= 4 is 35.2 Å². The van der Waals surface area contributed by atoms with Crippen LogP contribution in [0.2, 0.25) is 0 Å². The Bertz CT molecular complexity index is 1130. The minimum absolute atomic E-state index is 0.166. The molecule has 154 valence electrons. The number of hydrogen-bond acceptors (Lipinski definition) is 6. The summed E-state index contributed by atoms with van der Waals surface area (Å²) in [5, 5.41) is 12.2. The van der Waals surface area contributed by atoms with Gasteiger partial charge in [-0.25, -0.2) is 14.3 Å². The molecule has 1 fully saturated rings. The van der Waals surface area contributed by atoms with Gasteiger partial charge in [0.2, 0.25) is 0 Å². The van der Waals surface area contributed by atoms with Crippen LogP contribution in [0, 0.1) is 0 Å². The molecule has 1 aliphatic heterocycles. The van der Waals surface area contributed by atoms with Gasteiger partial charge in [0.05, 0.1) is 6.20 Å². The monoisotopic (exact) mass is 405 g/mol. The SMILES string of the molecule is CCN(CC)Cc1cccc(Nc2ccn3ncc(C=C4NC(=O)NC4=O)c3n2)c1. The average molecular weight is 405 g/mol. The summed E-state index contributed by atoms with van der Waals surface area (Å²) in [5.41, 5.74) is 3.53. The van der Waals surface area contributed by atoms with Crippen molar-refractivity contribution < 1.29 is 9.59 Å². The third kappa shape index (κ3) is 4.15. The fraction of sp³-hybridized carbons (Fsp3) is 0.238. The number of rotatable bonds is 7. The Morgan fingerprint density at radius 2 is 2.00 bits per heavy atom. The lowest BCUT2D eigenvalue weighted by molar-refractivity contribution is -0.115. The van der Waals surface area contributed by atoms with Gasteiger partial charge in [0.1, 0.15) is 11.5 Å². The molecule has 1 aromatic carbocycles. The predicted octanol–water partition coefficient (Wildman–Crippen LogP) is 2.50. The molecule has 3 heterocycles. The number of nitrogens with zero attached hydrogens (tertiary/aromatic N) is 4. The van der Waals surface area contributed by atoms with Crippen molar-refractivity contribution in [3.63, 3.8) is 0 Å². The predicted molar refractivity (Wildman–Crippen MR) is 114 cm³/mol. The molecular weight excluding hydrogens is 382 g/mol. The number of amides is 3. The van der Waals surface area contributed by atoms with Crippen LogP contribution in [0.25, 0.3) is 11.7 Å². The van der Waals surface area contributed by atoms with E-state index in [9.17, 15) is 9.59 Å². The van der Waals surface area contributed by atoms with Gasteiger partial charge < -0.3 is 10.6 Å². The summed E-state index contributed by atoms with van der Waals surface area (Å²) >= 11 is 0. The summed E-state index contributed by atoms with van der Waals surface area (Å²) in [5.74, 6) is 0.182. The molecule has 0 bridgehead atoms. The molecule has 0 saturated carbocycles. The highest BCUT2D eigenvalue weighted by Crippen LogP contribution is 2.20. The van der Waals surface area contributed by atoms with Crippen LogP contribution in [-0.2, 0) is 11.3 Å². The molecule has 30 heavy (non-hydrogen) atoms. The highest BCUT2D eigenvalue weighted by molar-refractivity contribution is 6.14. The molecule has 9 heteroatoms. The topological polar surface area (TPSA) is 104 Å². The molecule has 0 atom stereocenters. The highest BCUT2D eigenvalue weighted by Gasteiger charge is 2.23. The molecule has 3 aromatic rings. The Morgan fingerprint density at radius 1 is 1.17 bits per heavy atom. The van der Waals surface area contributed by atoms with E-state index in [0.717, 1.165) is 25.3 Å². The Hall–Kier alpha value is -3.72. The van der Waals surface area contributed by atoms with Crippen molar-refractivity contribution in [2.45, 2.75) is 20.4 Å². The summed E-state index contributed by atoms with van der Waals surface area (Å²) < 4.78 is 1.61. The molecule has 4 rings (SSSR count). The van der Waals surface area contributed by atoms with Crippen LogP contribution in [0.5, 0.6) is 0 Å². The normalized spacial score (nSPS) is 15.1. The number of carbonyl (C=O) groups excluding carboxylic acids is 2. The van der Waals surface area contributed by atoms with E-state index in [1.54, 1.807) is 23.0 Å². The summed E-state index contributed by atoms with van der Waals surface area (Å²) in [6, 6.07) is 9.54. The summed E-state index contributed by atoms with van der Waals surface area (Å²) in [7, 11) is 0. The molecular formula is C21H23N7O2. The lowest BCUT2D eigenvalue weighted by Gasteiger charge is -2.18. The summed E-state index contributed by atoms with van der Waals surface area (Å²) in [6.07, 6.45) is 4.95. The molecule has 3 N–H and O–H groups in total. The van der Waals surface area contributed by atoms with E-state index in [1.165, 1.54) is 5.56 Å². The van der Waals surface area contributed by atoms with Gasteiger partial charge in [0.25, 0.3) is 5.91 Å². The van der Waals surface area contributed by atoms with E-state index < -0.39 is 11.9 Å². The first-order valence-corrected chi connectivity index (χ1v) is 9.82. The molecule has 0 radical (unpaired) electrons. The third-order valence-corrected chi connectivity index (χ3v) is 4.92. The zero-order valence-corrected chi connectivity index (χ0v) is 16.8. The largest absolute Gasteiger partial charge is 0.340 e. The second-order valence-electron chi connectivity index (χ2n) is 6.93. The van der Waals surface area contributed by atoms with Crippen LogP contribution in [0.1, 0.15) is 25.0 Å². The van der Waals surface area contributed by atoms with Gasteiger partial charge in [-0.15, -0.1) is 0 Å². The zero-order chi connectivity index (χ0) is 21.1. The van der Waals surface area contributed by atoms with Gasteiger partial charge in [-0.05, 0) is 42.9 Å². The van der Waals surface area contributed by atoms with E-state index in [0.29, 0.717) is 17.0 Å². The second-order valence-corrected chi connectivity index (χ2v) is 6.93. The van der Waals surface area contributed by atoms with E-state index in [1.807, 2.05) is 18.2 Å². The Morgan fingerprint density at radius 3 is 2.73 bits per heavy atom. The number of fused-ring (bicyclic) bond motifs is 1. The first-order valence-electron chi connectivity index (χ1n) is 9.82. The lowest BCUT2D eigenvalue weighted by atomic mass is 10.2. The zero-order valence-electron chi connectivity index (χ0n) is 16.8. The molecule has 0 spiro atoms. The summed E-state index contributed by atoms with van der Waals surface area (Å²) in [4.78, 5) is 30.1. The molecule has 9 nitrogen and oxygen atoms in total. The van der Waals surface area contributed by atoms with Gasteiger partial charge in [0.15, 0.2) is 5.65 Å². The standard InChI is InChI=1S/C21H23N7O2/c1-3-27(4-2)13-14-6-5-7-16(10-14)23-18-8-9-28-19(25-18)15(12-22-28)11-17-20(29)26-21(30)24-17/h5-12H,3-4,13H2,1-2H3,(H,23,25)(H2,24,26,29,30). The average Bonchev–Trinajstić information content (AvgIpc) is 3.28. The fourth-order valence-electron chi connectivity index (χ4n) is 3.30. The number of hydrogen-bond donors (Lipinski definition) is 3. The second kappa shape index (κ2) is 8.34. The maximum atomic E-state index is 11.8. The quantitative estimate of drug-likeness (QED) is 0.412. The first kappa shape index (κ1) is 19.6. The van der Waals surface area contributed by atoms with Crippen molar-refractivity contribution in [2.24, 2.45) is 0 Å². The van der Waals surface area contributed by atoms with Crippen LogP contribution in [0.3, 0.4) is 0 Å². The number of imide groups is 1. The first-order chi connectivity index (χ1) is 14.6. The van der Waals surface area contributed by atoms with E-state index in [4.69, 9.17) is 0 Å². The van der Waals surface area contributed by atoms with Crippen LogP contribution >= 0.6 is 0 Å². The van der Waals surface area contributed by atoms with Gasteiger partial charge >= 0.3 is 6.03 Å². The highest BCUT2D eigenvalue weighted by atomic mass is 16.2. The molecule has 0 aliphatic carbocycles. The number of carbonyl (C=O) groups is 2. The number of benzene rings is 1. The van der Waals surface area contributed by atoms with Crippen molar-refractivity contribution in [1.82, 2.24) is 30.1 Å².